The molecule has 2 aromatic rings. The number of hydrogen-bond acceptors (Lipinski definition) is 4. The van der Waals surface area contributed by atoms with Gasteiger partial charge in [-0.2, -0.15) is 5.26 Å². The van der Waals surface area contributed by atoms with Crippen molar-refractivity contribution in [1.82, 2.24) is 0 Å². The number of anilines is 2. The Morgan fingerprint density at radius 1 is 1.14 bits per heavy atom. The summed E-state index contributed by atoms with van der Waals surface area (Å²) in [5.41, 5.74) is 6.66. The van der Waals surface area contributed by atoms with E-state index in [1.54, 1.807) is 0 Å². The van der Waals surface area contributed by atoms with Crippen molar-refractivity contribution in [1.29, 1.82) is 5.26 Å². The number of amides is 1. The zero-order valence-electron chi connectivity index (χ0n) is 10.8. The fraction of sp³-hybridized carbons (Fsp3) is 0. The van der Waals surface area contributed by atoms with E-state index < -0.39 is 11.9 Å². The van der Waals surface area contributed by atoms with E-state index in [2.05, 4.69) is 5.32 Å². The van der Waals surface area contributed by atoms with Crippen LogP contribution in [0.4, 0.5) is 11.4 Å². The lowest BCUT2D eigenvalue weighted by molar-refractivity contribution is 0.0698. The predicted octanol–water partition coefficient (Wildman–Crippen LogP) is 2.09. The SMILES string of the molecule is N#Cc1ccc(C(=O)Nc2ccc(N)cc2C(=O)O)cc1. The highest BCUT2D eigenvalue weighted by atomic mass is 16.4. The van der Waals surface area contributed by atoms with Gasteiger partial charge in [-0.05, 0) is 42.5 Å². The van der Waals surface area contributed by atoms with Crippen molar-refractivity contribution in [3.8, 4) is 6.07 Å². The van der Waals surface area contributed by atoms with Gasteiger partial charge in [-0.25, -0.2) is 4.79 Å². The van der Waals surface area contributed by atoms with Gasteiger partial charge in [-0.1, -0.05) is 0 Å². The van der Waals surface area contributed by atoms with Gasteiger partial charge in [0.05, 0.1) is 22.9 Å². The molecule has 0 unspecified atom stereocenters. The summed E-state index contributed by atoms with van der Waals surface area (Å²) in [7, 11) is 0. The minimum absolute atomic E-state index is 0.0861. The highest BCUT2D eigenvalue weighted by Gasteiger charge is 2.14. The van der Waals surface area contributed by atoms with Crippen LogP contribution in [0.15, 0.2) is 42.5 Å². The zero-order valence-corrected chi connectivity index (χ0v) is 10.8. The van der Waals surface area contributed by atoms with Crippen LogP contribution in [0, 0.1) is 11.3 Å². The van der Waals surface area contributed by atoms with Gasteiger partial charge in [0.1, 0.15) is 0 Å². The quantitative estimate of drug-likeness (QED) is 0.745. The summed E-state index contributed by atoms with van der Waals surface area (Å²) in [6, 6.07) is 12.2. The molecule has 0 aliphatic heterocycles. The molecule has 0 radical (unpaired) electrons. The molecule has 0 aliphatic rings. The topological polar surface area (TPSA) is 116 Å². The van der Waals surface area contributed by atoms with Crippen LogP contribution in [0.2, 0.25) is 0 Å². The third-order valence-electron chi connectivity index (χ3n) is 2.80. The number of hydrogen-bond donors (Lipinski definition) is 3. The Bertz CT molecular complexity index is 746. The minimum atomic E-state index is -1.18. The van der Waals surface area contributed by atoms with Gasteiger partial charge in [-0.3, -0.25) is 4.79 Å². The van der Waals surface area contributed by atoms with E-state index in [0.29, 0.717) is 16.8 Å². The molecule has 6 heteroatoms. The Morgan fingerprint density at radius 3 is 2.38 bits per heavy atom. The van der Waals surface area contributed by atoms with Crippen LogP contribution in [0.5, 0.6) is 0 Å². The first-order chi connectivity index (χ1) is 10.0. The first-order valence-corrected chi connectivity index (χ1v) is 5.95. The predicted molar refractivity (Wildman–Crippen MR) is 76.9 cm³/mol. The van der Waals surface area contributed by atoms with E-state index >= 15 is 0 Å². The average molecular weight is 281 g/mol. The van der Waals surface area contributed by atoms with E-state index in [-0.39, 0.29) is 11.3 Å². The standard InChI is InChI=1S/C15H11N3O3/c16-8-9-1-3-10(4-2-9)14(19)18-13-6-5-11(17)7-12(13)15(20)21/h1-7H,17H2,(H,18,19)(H,20,21). The number of nitrogens with zero attached hydrogens (tertiary/aromatic N) is 1. The number of nitriles is 1. The minimum Gasteiger partial charge on any atom is -0.478 e. The maximum Gasteiger partial charge on any atom is 0.337 e. The van der Waals surface area contributed by atoms with E-state index in [1.165, 1.54) is 42.5 Å². The summed E-state index contributed by atoms with van der Waals surface area (Å²) in [6.07, 6.45) is 0. The highest BCUT2D eigenvalue weighted by molar-refractivity contribution is 6.08. The molecule has 0 atom stereocenters. The molecule has 0 aliphatic carbocycles. The molecular weight excluding hydrogens is 270 g/mol. The van der Waals surface area contributed by atoms with Gasteiger partial charge in [0, 0.05) is 11.3 Å². The average Bonchev–Trinajstić information content (AvgIpc) is 2.49. The fourth-order valence-corrected chi connectivity index (χ4v) is 1.74. The lowest BCUT2D eigenvalue weighted by atomic mass is 10.1. The molecule has 6 nitrogen and oxygen atoms in total. The fourth-order valence-electron chi connectivity index (χ4n) is 1.74. The van der Waals surface area contributed by atoms with Crippen LogP contribution in [-0.4, -0.2) is 17.0 Å². The van der Waals surface area contributed by atoms with Gasteiger partial charge < -0.3 is 16.2 Å². The van der Waals surface area contributed by atoms with Crippen LogP contribution in [0.3, 0.4) is 0 Å². The Hall–Kier alpha value is -3.33. The van der Waals surface area contributed by atoms with Crippen molar-refractivity contribution in [2.45, 2.75) is 0 Å². The monoisotopic (exact) mass is 281 g/mol. The third kappa shape index (κ3) is 3.16. The Morgan fingerprint density at radius 2 is 1.81 bits per heavy atom. The number of nitrogens with two attached hydrogens (primary N) is 1. The molecule has 2 aromatic carbocycles. The number of benzene rings is 2. The van der Waals surface area contributed by atoms with Crippen molar-refractivity contribution < 1.29 is 14.7 Å². The molecule has 0 fully saturated rings. The van der Waals surface area contributed by atoms with Crippen LogP contribution in [-0.2, 0) is 0 Å². The van der Waals surface area contributed by atoms with Gasteiger partial charge in [0.15, 0.2) is 0 Å². The summed E-state index contributed by atoms with van der Waals surface area (Å²) in [6.45, 7) is 0. The maximum atomic E-state index is 12.1. The molecule has 0 aromatic heterocycles. The van der Waals surface area contributed by atoms with Crippen molar-refractivity contribution in [3.05, 3.63) is 59.2 Å². The molecular formula is C15H11N3O3. The second-order valence-electron chi connectivity index (χ2n) is 4.25. The van der Waals surface area contributed by atoms with E-state index in [9.17, 15) is 9.59 Å². The van der Waals surface area contributed by atoms with Crippen LogP contribution in [0.1, 0.15) is 26.3 Å². The Kier molecular flexibility index (Phi) is 3.86. The van der Waals surface area contributed by atoms with Crippen molar-refractivity contribution in [2.24, 2.45) is 0 Å². The summed E-state index contributed by atoms with van der Waals surface area (Å²) < 4.78 is 0. The summed E-state index contributed by atoms with van der Waals surface area (Å²) in [5, 5.41) is 20.3. The number of carboxylic acid groups (broad SMARTS) is 1. The summed E-state index contributed by atoms with van der Waals surface area (Å²) in [4.78, 5) is 23.2. The van der Waals surface area contributed by atoms with E-state index in [4.69, 9.17) is 16.1 Å². The maximum absolute atomic E-state index is 12.1. The molecule has 0 saturated carbocycles. The lowest BCUT2D eigenvalue weighted by Crippen LogP contribution is -2.15. The van der Waals surface area contributed by atoms with Crippen molar-refractivity contribution in [2.75, 3.05) is 11.1 Å². The number of nitrogens with one attached hydrogen (secondary N) is 1. The smallest absolute Gasteiger partial charge is 0.337 e. The van der Waals surface area contributed by atoms with Crippen LogP contribution >= 0.6 is 0 Å². The summed E-state index contributed by atoms with van der Waals surface area (Å²) >= 11 is 0. The number of carbonyl (C=O) groups is 2. The first-order valence-electron chi connectivity index (χ1n) is 5.95. The molecule has 21 heavy (non-hydrogen) atoms. The number of nitrogen functional groups attached to an aromatic ring is 1. The van der Waals surface area contributed by atoms with Gasteiger partial charge in [0.2, 0.25) is 0 Å². The van der Waals surface area contributed by atoms with Crippen LogP contribution in [0.25, 0.3) is 0 Å². The molecule has 1 amide bonds. The number of carbonyl (C=O) groups excluding carboxylic acids is 1. The number of rotatable bonds is 3. The first kappa shape index (κ1) is 14.1. The van der Waals surface area contributed by atoms with E-state index in [1.807, 2.05) is 6.07 Å². The molecule has 104 valence electrons. The Balaban J connectivity index is 2.27. The van der Waals surface area contributed by atoms with Crippen LogP contribution < -0.4 is 11.1 Å². The molecule has 0 bridgehead atoms. The number of carboxylic acids is 1. The Labute approximate surface area is 120 Å². The largest absolute Gasteiger partial charge is 0.478 e. The molecule has 4 N–H and O–H groups in total. The molecule has 0 heterocycles. The van der Waals surface area contributed by atoms with Crippen molar-refractivity contribution in [3.63, 3.8) is 0 Å². The third-order valence-corrected chi connectivity index (χ3v) is 2.80. The molecule has 0 spiro atoms. The zero-order chi connectivity index (χ0) is 15.4. The molecule has 0 saturated heterocycles. The number of aromatic carboxylic acids is 1. The summed E-state index contributed by atoms with van der Waals surface area (Å²) in [5.74, 6) is -1.65. The van der Waals surface area contributed by atoms with Crippen molar-refractivity contribution >= 4 is 23.3 Å². The molecule has 2 rings (SSSR count). The highest BCUT2D eigenvalue weighted by Crippen LogP contribution is 2.20. The van der Waals surface area contributed by atoms with Gasteiger partial charge in [0.25, 0.3) is 5.91 Å². The van der Waals surface area contributed by atoms with Gasteiger partial charge in [-0.15, -0.1) is 0 Å². The second kappa shape index (κ2) is 5.75. The van der Waals surface area contributed by atoms with E-state index in [0.717, 1.165) is 0 Å². The second-order valence-corrected chi connectivity index (χ2v) is 4.25. The normalized spacial score (nSPS) is 9.67. The van der Waals surface area contributed by atoms with Gasteiger partial charge >= 0.3 is 5.97 Å². The lowest BCUT2D eigenvalue weighted by Gasteiger charge is -2.09.